The van der Waals surface area contributed by atoms with Crippen LogP contribution in [0.3, 0.4) is 0 Å². The number of rotatable bonds is 3. The van der Waals surface area contributed by atoms with Crippen molar-refractivity contribution in [2.24, 2.45) is 5.41 Å². The lowest BCUT2D eigenvalue weighted by Gasteiger charge is -2.35. The van der Waals surface area contributed by atoms with Crippen molar-refractivity contribution in [3.8, 4) is 11.8 Å². The van der Waals surface area contributed by atoms with Crippen molar-refractivity contribution in [3.63, 3.8) is 0 Å². The van der Waals surface area contributed by atoms with Crippen LogP contribution in [0.15, 0.2) is 24.3 Å². The number of nitrogens with zero attached hydrogens (tertiary/aromatic N) is 1. The van der Waals surface area contributed by atoms with E-state index in [1.807, 2.05) is 18.2 Å². The summed E-state index contributed by atoms with van der Waals surface area (Å²) >= 11 is 0. The predicted molar refractivity (Wildman–Crippen MR) is 80.8 cm³/mol. The Balaban J connectivity index is 2.88. The minimum absolute atomic E-state index is 0.0947. The van der Waals surface area contributed by atoms with Gasteiger partial charge in [-0.15, -0.1) is 0 Å². The highest BCUT2D eigenvalue weighted by molar-refractivity contribution is 5.41. The van der Waals surface area contributed by atoms with E-state index >= 15 is 0 Å². The fraction of sp³-hybridized carbons (Fsp3) is 0.529. The lowest BCUT2D eigenvalue weighted by molar-refractivity contribution is 0.134. The Kier molecular flexibility index (Phi) is 5.60. The summed E-state index contributed by atoms with van der Waals surface area (Å²) in [6, 6.07) is 8.61. The molecule has 1 atom stereocenters. The lowest BCUT2D eigenvalue weighted by atomic mass is 9.87. The maximum Gasteiger partial charge on any atom is 0.104 e. The van der Waals surface area contributed by atoms with E-state index in [0.29, 0.717) is 6.04 Å². The van der Waals surface area contributed by atoms with Gasteiger partial charge in [-0.05, 0) is 31.0 Å². The average Bonchev–Trinajstić information content (AvgIpc) is 2.35. The third-order valence-electron chi connectivity index (χ3n) is 3.65. The number of benzene rings is 1. The van der Waals surface area contributed by atoms with Crippen LogP contribution < -0.4 is 0 Å². The van der Waals surface area contributed by atoms with Crippen molar-refractivity contribution in [2.75, 3.05) is 13.7 Å². The monoisotopic (exact) mass is 259 g/mol. The van der Waals surface area contributed by atoms with Crippen molar-refractivity contribution in [2.45, 2.75) is 40.3 Å². The summed E-state index contributed by atoms with van der Waals surface area (Å²) in [6.07, 6.45) is 0. The first kappa shape index (κ1) is 15.8. The Morgan fingerprint density at radius 2 is 1.89 bits per heavy atom. The van der Waals surface area contributed by atoms with Gasteiger partial charge in [0.2, 0.25) is 0 Å². The number of aliphatic hydroxyl groups excluding tert-OH is 1. The molecule has 1 unspecified atom stereocenters. The zero-order valence-corrected chi connectivity index (χ0v) is 12.7. The first-order valence-corrected chi connectivity index (χ1v) is 6.74. The van der Waals surface area contributed by atoms with E-state index in [2.05, 4.69) is 57.5 Å². The van der Waals surface area contributed by atoms with Crippen LogP contribution in [0.25, 0.3) is 0 Å². The molecule has 2 nitrogen and oxygen atoms in total. The van der Waals surface area contributed by atoms with E-state index < -0.39 is 0 Å². The number of hydrogen-bond donors (Lipinski definition) is 1. The fourth-order valence-corrected chi connectivity index (χ4v) is 1.98. The van der Waals surface area contributed by atoms with E-state index in [4.69, 9.17) is 5.11 Å². The van der Waals surface area contributed by atoms with E-state index in [1.54, 1.807) is 0 Å². The van der Waals surface area contributed by atoms with E-state index in [-0.39, 0.29) is 12.0 Å². The van der Waals surface area contributed by atoms with Crippen molar-refractivity contribution >= 4 is 0 Å². The van der Waals surface area contributed by atoms with Crippen LogP contribution in [0.1, 0.15) is 38.8 Å². The fourth-order valence-electron chi connectivity index (χ4n) is 1.98. The molecule has 0 aliphatic heterocycles. The van der Waals surface area contributed by atoms with Gasteiger partial charge in [0.05, 0.1) is 0 Å². The summed E-state index contributed by atoms with van der Waals surface area (Å²) < 4.78 is 0. The quantitative estimate of drug-likeness (QED) is 0.844. The highest BCUT2D eigenvalue weighted by atomic mass is 16.2. The van der Waals surface area contributed by atoms with Gasteiger partial charge >= 0.3 is 0 Å². The zero-order valence-electron chi connectivity index (χ0n) is 12.7. The Bertz CT molecular complexity index is 462. The molecule has 0 fully saturated rings. The predicted octanol–water partition coefficient (Wildman–Crippen LogP) is 2.90. The molecule has 2 heteroatoms. The summed E-state index contributed by atoms with van der Waals surface area (Å²) in [5.41, 5.74) is 2.46. The van der Waals surface area contributed by atoms with Gasteiger partial charge in [0, 0.05) is 18.2 Å². The third kappa shape index (κ3) is 4.70. The molecule has 1 aromatic rings. The minimum atomic E-state index is -0.0947. The van der Waals surface area contributed by atoms with Crippen LogP contribution >= 0.6 is 0 Å². The van der Waals surface area contributed by atoms with Crippen molar-refractivity contribution in [3.05, 3.63) is 35.4 Å². The van der Waals surface area contributed by atoms with Gasteiger partial charge < -0.3 is 5.11 Å². The second-order valence-electron chi connectivity index (χ2n) is 6.07. The van der Waals surface area contributed by atoms with Crippen LogP contribution in [-0.4, -0.2) is 29.7 Å². The molecule has 0 spiro atoms. The summed E-state index contributed by atoms with van der Waals surface area (Å²) in [7, 11) is 2.15. The maximum absolute atomic E-state index is 8.81. The molecule has 0 aromatic heterocycles. The van der Waals surface area contributed by atoms with Crippen LogP contribution in [-0.2, 0) is 6.54 Å². The molecule has 0 radical (unpaired) electrons. The van der Waals surface area contributed by atoms with Crippen LogP contribution in [0.4, 0.5) is 0 Å². The molecule has 1 rings (SSSR count). The molecule has 0 saturated carbocycles. The molecule has 19 heavy (non-hydrogen) atoms. The van der Waals surface area contributed by atoms with Crippen LogP contribution in [0.5, 0.6) is 0 Å². The molecule has 1 aromatic carbocycles. The Morgan fingerprint density at radius 1 is 1.26 bits per heavy atom. The molecule has 0 aliphatic carbocycles. The number of aliphatic hydroxyl groups is 1. The van der Waals surface area contributed by atoms with Crippen LogP contribution in [0.2, 0.25) is 0 Å². The summed E-state index contributed by atoms with van der Waals surface area (Å²) in [6.45, 7) is 9.79. The highest BCUT2D eigenvalue weighted by Crippen LogP contribution is 2.24. The van der Waals surface area contributed by atoms with E-state index in [9.17, 15) is 0 Å². The van der Waals surface area contributed by atoms with Crippen molar-refractivity contribution in [1.29, 1.82) is 0 Å². The smallest absolute Gasteiger partial charge is 0.104 e. The van der Waals surface area contributed by atoms with Gasteiger partial charge in [0.1, 0.15) is 6.61 Å². The van der Waals surface area contributed by atoms with E-state index in [1.165, 1.54) is 5.56 Å². The zero-order chi connectivity index (χ0) is 14.5. The van der Waals surface area contributed by atoms with Crippen molar-refractivity contribution in [1.82, 2.24) is 4.90 Å². The summed E-state index contributed by atoms with van der Waals surface area (Å²) in [5.74, 6) is 5.74. The maximum atomic E-state index is 8.81. The normalized spacial score (nSPS) is 13.0. The summed E-state index contributed by atoms with van der Waals surface area (Å²) in [4.78, 5) is 2.35. The van der Waals surface area contributed by atoms with Gasteiger partial charge in [-0.25, -0.2) is 0 Å². The SMILES string of the molecule is CC(N(C)Cc1ccccc1C#CCO)C(C)(C)C. The number of hydrogen-bond acceptors (Lipinski definition) is 2. The average molecular weight is 259 g/mol. The molecular formula is C17H25NO. The van der Waals surface area contributed by atoms with Gasteiger partial charge in [-0.1, -0.05) is 50.8 Å². The first-order chi connectivity index (χ1) is 8.86. The lowest BCUT2D eigenvalue weighted by Crippen LogP contribution is -2.38. The van der Waals surface area contributed by atoms with Crippen LogP contribution in [0, 0.1) is 17.3 Å². The second-order valence-corrected chi connectivity index (χ2v) is 6.07. The standard InChI is InChI=1S/C17H25NO/c1-14(17(2,3)4)18(5)13-16-10-7-6-9-15(16)11-8-12-19/h6-7,9-10,14,19H,12-13H2,1-5H3. The van der Waals surface area contributed by atoms with Gasteiger partial charge in [-0.2, -0.15) is 0 Å². The van der Waals surface area contributed by atoms with Gasteiger partial charge in [0.15, 0.2) is 0 Å². The first-order valence-electron chi connectivity index (χ1n) is 6.74. The Morgan fingerprint density at radius 3 is 2.47 bits per heavy atom. The van der Waals surface area contributed by atoms with E-state index in [0.717, 1.165) is 12.1 Å². The molecule has 1 N–H and O–H groups in total. The van der Waals surface area contributed by atoms with Gasteiger partial charge in [-0.3, -0.25) is 4.90 Å². The van der Waals surface area contributed by atoms with Gasteiger partial charge in [0.25, 0.3) is 0 Å². The summed E-state index contributed by atoms with van der Waals surface area (Å²) in [5, 5.41) is 8.81. The molecule has 0 bridgehead atoms. The minimum Gasteiger partial charge on any atom is -0.384 e. The molecular weight excluding hydrogens is 234 g/mol. The topological polar surface area (TPSA) is 23.5 Å². The van der Waals surface area contributed by atoms with Crippen molar-refractivity contribution < 1.29 is 5.11 Å². The Hall–Kier alpha value is -1.30. The largest absolute Gasteiger partial charge is 0.384 e. The molecule has 0 heterocycles. The highest BCUT2D eigenvalue weighted by Gasteiger charge is 2.23. The molecule has 0 amide bonds. The Labute approximate surface area is 117 Å². The third-order valence-corrected chi connectivity index (χ3v) is 3.65. The molecule has 104 valence electrons. The second kappa shape index (κ2) is 6.75. The molecule has 0 aliphatic rings. The molecule has 0 saturated heterocycles.